The molecule has 1 atom stereocenters. The molecule has 0 spiro atoms. The van der Waals surface area contributed by atoms with Crippen LogP contribution in [0.3, 0.4) is 0 Å². The fourth-order valence-electron chi connectivity index (χ4n) is 2.11. The summed E-state index contributed by atoms with van der Waals surface area (Å²) in [5.41, 5.74) is 2.90. The first-order valence-electron chi connectivity index (χ1n) is 6.38. The Morgan fingerprint density at radius 3 is 2.35 bits per heavy atom. The number of ether oxygens (including phenoxy) is 1. The zero-order chi connectivity index (χ0) is 14.7. The van der Waals surface area contributed by atoms with Gasteiger partial charge < -0.3 is 14.7 Å². The molecule has 0 saturated carbocycles. The van der Waals surface area contributed by atoms with Gasteiger partial charge in [-0.15, -0.1) is 0 Å². The van der Waals surface area contributed by atoms with Gasteiger partial charge >= 0.3 is 0 Å². The highest BCUT2D eigenvalue weighted by molar-refractivity contribution is 9.10. The molecule has 0 aromatic heterocycles. The van der Waals surface area contributed by atoms with Crippen molar-refractivity contribution in [3.05, 3.63) is 52.5 Å². The van der Waals surface area contributed by atoms with Crippen LogP contribution in [0.1, 0.15) is 18.6 Å². The lowest BCUT2D eigenvalue weighted by molar-refractivity contribution is 0.200. The Bertz CT molecular complexity index is 582. The molecular weight excluding hydrogens is 318 g/mol. The molecule has 0 saturated heterocycles. The number of methoxy groups -OCH3 is 1. The second-order valence-corrected chi connectivity index (χ2v) is 5.55. The average molecular weight is 336 g/mol. The summed E-state index contributed by atoms with van der Waals surface area (Å²) < 4.78 is 6.15. The van der Waals surface area contributed by atoms with Crippen molar-refractivity contribution in [2.75, 3.05) is 19.1 Å². The fourth-order valence-corrected chi connectivity index (χ4v) is 2.45. The van der Waals surface area contributed by atoms with E-state index in [9.17, 15) is 5.11 Å². The van der Waals surface area contributed by atoms with Crippen molar-refractivity contribution in [1.82, 2.24) is 0 Å². The van der Waals surface area contributed by atoms with Crippen LogP contribution in [0.25, 0.3) is 0 Å². The normalized spacial score (nSPS) is 12.1. The van der Waals surface area contributed by atoms with E-state index in [1.54, 1.807) is 14.0 Å². The first-order valence-corrected chi connectivity index (χ1v) is 7.17. The van der Waals surface area contributed by atoms with Crippen LogP contribution in [-0.4, -0.2) is 19.3 Å². The summed E-state index contributed by atoms with van der Waals surface area (Å²) >= 11 is 3.48. The first kappa shape index (κ1) is 14.9. The highest BCUT2D eigenvalue weighted by atomic mass is 79.9. The number of anilines is 2. The summed E-state index contributed by atoms with van der Waals surface area (Å²) in [4.78, 5) is 2.05. The molecule has 0 radical (unpaired) electrons. The Balaban J connectivity index is 2.40. The van der Waals surface area contributed by atoms with Crippen LogP contribution in [0.2, 0.25) is 0 Å². The predicted molar refractivity (Wildman–Crippen MR) is 85.8 cm³/mol. The molecule has 20 heavy (non-hydrogen) atoms. The maximum absolute atomic E-state index is 9.91. The van der Waals surface area contributed by atoms with Crippen LogP contribution in [0.15, 0.2) is 46.9 Å². The third-order valence-corrected chi connectivity index (χ3v) is 3.76. The third-order valence-electron chi connectivity index (χ3n) is 3.26. The van der Waals surface area contributed by atoms with Crippen LogP contribution >= 0.6 is 15.9 Å². The molecule has 2 aromatic rings. The maximum atomic E-state index is 9.91. The zero-order valence-corrected chi connectivity index (χ0v) is 13.4. The van der Waals surface area contributed by atoms with Gasteiger partial charge in [0.15, 0.2) is 0 Å². The van der Waals surface area contributed by atoms with E-state index in [1.165, 1.54) is 0 Å². The minimum absolute atomic E-state index is 0.515. The third kappa shape index (κ3) is 3.14. The van der Waals surface area contributed by atoms with Gasteiger partial charge in [0.25, 0.3) is 0 Å². The number of aliphatic hydroxyl groups is 1. The van der Waals surface area contributed by atoms with Crippen LogP contribution in [0, 0.1) is 0 Å². The lowest BCUT2D eigenvalue weighted by Gasteiger charge is -2.24. The molecule has 2 rings (SSSR count). The van der Waals surface area contributed by atoms with Crippen molar-refractivity contribution in [3.8, 4) is 5.75 Å². The molecule has 1 unspecified atom stereocenters. The monoisotopic (exact) mass is 335 g/mol. The Morgan fingerprint density at radius 2 is 1.80 bits per heavy atom. The largest absolute Gasteiger partial charge is 0.497 e. The van der Waals surface area contributed by atoms with Crippen LogP contribution in [0.5, 0.6) is 5.75 Å². The minimum Gasteiger partial charge on any atom is -0.497 e. The van der Waals surface area contributed by atoms with Crippen LogP contribution in [-0.2, 0) is 0 Å². The number of hydrogen-bond donors (Lipinski definition) is 1. The maximum Gasteiger partial charge on any atom is 0.119 e. The van der Waals surface area contributed by atoms with E-state index in [0.717, 1.165) is 27.2 Å². The molecule has 106 valence electrons. The van der Waals surface area contributed by atoms with Gasteiger partial charge in [-0.25, -0.2) is 0 Å². The van der Waals surface area contributed by atoms with Crippen LogP contribution in [0.4, 0.5) is 11.4 Å². The lowest BCUT2D eigenvalue weighted by Crippen LogP contribution is -2.12. The van der Waals surface area contributed by atoms with Crippen LogP contribution < -0.4 is 9.64 Å². The van der Waals surface area contributed by atoms with E-state index in [4.69, 9.17) is 4.74 Å². The van der Waals surface area contributed by atoms with E-state index in [2.05, 4.69) is 15.9 Å². The summed E-state index contributed by atoms with van der Waals surface area (Å²) in [6, 6.07) is 13.7. The SMILES string of the molecule is COc1ccc(N(C)c2cc(Br)ccc2C(C)O)cc1. The van der Waals surface area contributed by atoms with Crippen molar-refractivity contribution in [2.24, 2.45) is 0 Å². The second-order valence-electron chi connectivity index (χ2n) is 4.64. The standard InChI is InChI=1S/C16H18BrNO2/c1-11(19)15-9-4-12(17)10-16(15)18(2)13-5-7-14(20-3)8-6-13/h4-11,19H,1-3H3. The van der Waals surface area contributed by atoms with Crippen molar-refractivity contribution in [2.45, 2.75) is 13.0 Å². The summed E-state index contributed by atoms with van der Waals surface area (Å²) in [5.74, 6) is 0.826. The van der Waals surface area contributed by atoms with Gasteiger partial charge in [-0.1, -0.05) is 22.0 Å². The van der Waals surface area contributed by atoms with Crippen molar-refractivity contribution in [1.29, 1.82) is 0 Å². The smallest absolute Gasteiger partial charge is 0.119 e. The summed E-state index contributed by atoms with van der Waals surface area (Å²) in [6.45, 7) is 1.77. The topological polar surface area (TPSA) is 32.7 Å². The van der Waals surface area contributed by atoms with Gasteiger partial charge in [0.2, 0.25) is 0 Å². The van der Waals surface area contributed by atoms with E-state index in [0.29, 0.717) is 0 Å². The Kier molecular flexibility index (Phi) is 4.68. The molecule has 0 aliphatic rings. The number of nitrogens with zero attached hydrogens (tertiary/aromatic N) is 1. The van der Waals surface area contributed by atoms with E-state index >= 15 is 0 Å². The molecule has 2 aromatic carbocycles. The number of halogens is 1. The van der Waals surface area contributed by atoms with Crippen molar-refractivity contribution in [3.63, 3.8) is 0 Å². The zero-order valence-electron chi connectivity index (χ0n) is 11.8. The van der Waals surface area contributed by atoms with E-state index in [-0.39, 0.29) is 0 Å². The summed E-state index contributed by atoms with van der Waals surface area (Å²) in [7, 11) is 3.63. The Labute approximate surface area is 127 Å². The molecule has 4 heteroatoms. The van der Waals surface area contributed by atoms with Gasteiger partial charge in [0, 0.05) is 28.5 Å². The average Bonchev–Trinajstić information content (AvgIpc) is 2.46. The summed E-state index contributed by atoms with van der Waals surface area (Å²) in [6.07, 6.45) is -0.515. The van der Waals surface area contributed by atoms with Gasteiger partial charge in [0.05, 0.1) is 13.2 Å². The minimum atomic E-state index is -0.515. The van der Waals surface area contributed by atoms with Gasteiger partial charge in [-0.2, -0.15) is 0 Å². The molecule has 3 nitrogen and oxygen atoms in total. The Hall–Kier alpha value is -1.52. The van der Waals surface area contributed by atoms with Gasteiger partial charge in [-0.05, 0) is 43.3 Å². The first-order chi connectivity index (χ1) is 9.52. The number of hydrogen-bond acceptors (Lipinski definition) is 3. The molecule has 0 amide bonds. The number of rotatable bonds is 4. The molecule has 0 aliphatic carbocycles. The van der Waals surface area contributed by atoms with Gasteiger partial charge in [-0.3, -0.25) is 0 Å². The predicted octanol–water partition coefficient (Wildman–Crippen LogP) is 4.28. The number of benzene rings is 2. The van der Waals surface area contributed by atoms with E-state index < -0.39 is 6.10 Å². The molecular formula is C16H18BrNO2. The van der Waals surface area contributed by atoms with Crippen molar-refractivity contribution < 1.29 is 9.84 Å². The molecule has 0 bridgehead atoms. The second kappa shape index (κ2) is 6.29. The highest BCUT2D eigenvalue weighted by Crippen LogP contribution is 2.33. The van der Waals surface area contributed by atoms with E-state index in [1.807, 2.05) is 54.4 Å². The summed E-state index contributed by atoms with van der Waals surface area (Å²) in [5, 5.41) is 9.91. The van der Waals surface area contributed by atoms with Gasteiger partial charge in [0.1, 0.15) is 5.75 Å². The molecule has 0 aliphatic heterocycles. The molecule has 1 N–H and O–H groups in total. The lowest BCUT2D eigenvalue weighted by atomic mass is 10.1. The highest BCUT2D eigenvalue weighted by Gasteiger charge is 2.13. The Morgan fingerprint density at radius 1 is 1.15 bits per heavy atom. The quantitative estimate of drug-likeness (QED) is 0.905. The molecule has 0 fully saturated rings. The fraction of sp³-hybridized carbons (Fsp3) is 0.250. The van der Waals surface area contributed by atoms with Crippen molar-refractivity contribution >= 4 is 27.3 Å². The molecule has 0 heterocycles. The number of aliphatic hydroxyl groups excluding tert-OH is 1.